The number of carbonyl (C=O) groups excluding carboxylic acids is 1. The van der Waals surface area contributed by atoms with E-state index in [1.54, 1.807) is 0 Å². The fourth-order valence-corrected chi connectivity index (χ4v) is 9.28. The topological polar surface area (TPSA) is 17.1 Å². The minimum Gasteiger partial charge on any atom is -0.295 e. The summed E-state index contributed by atoms with van der Waals surface area (Å²) < 4.78 is 32.4. The molecule has 4 aliphatic rings. The Labute approximate surface area is 239 Å². The fraction of sp³-hybridized carbons (Fsp3) is 0.541. The van der Waals surface area contributed by atoms with Gasteiger partial charge in [-0.15, -0.1) is 0 Å². The van der Waals surface area contributed by atoms with Crippen LogP contribution in [-0.2, 0) is 4.79 Å². The first-order valence-corrected chi connectivity index (χ1v) is 15.3. The van der Waals surface area contributed by atoms with Crippen LogP contribution in [-0.4, -0.2) is 17.1 Å². The molecule has 0 bridgehead atoms. The Balaban J connectivity index is 1.48. The largest absolute Gasteiger partial charge is 0.295 e. The second kappa shape index (κ2) is 9.23. The number of hydrogen-bond donors (Lipinski definition) is 0. The van der Waals surface area contributed by atoms with E-state index in [9.17, 15) is 4.79 Å². The lowest BCUT2D eigenvalue weighted by Crippen LogP contribution is -2.60. The van der Waals surface area contributed by atoms with Crippen LogP contribution in [0.3, 0.4) is 0 Å². The molecule has 2 fully saturated rings. The van der Waals surface area contributed by atoms with Crippen molar-refractivity contribution in [2.75, 3.05) is 0 Å². The molecule has 0 aliphatic heterocycles. The third-order valence-corrected chi connectivity index (χ3v) is 12.2. The van der Waals surface area contributed by atoms with E-state index >= 15 is 8.78 Å². The molecule has 0 spiro atoms. The van der Waals surface area contributed by atoms with Gasteiger partial charge in [0.1, 0.15) is 11.3 Å². The van der Waals surface area contributed by atoms with E-state index in [0.29, 0.717) is 24.7 Å². The number of ketones is 1. The summed E-state index contributed by atoms with van der Waals surface area (Å²) in [7, 11) is 0. The highest BCUT2D eigenvalue weighted by Crippen LogP contribution is 2.73. The summed E-state index contributed by atoms with van der Waals surface area (Å²) in [4.78, 5) is 12.4. The number of aryl methyl sites for hydroxylation is 1. The van der Waals surface area contributed by atoms with Gasteiger partial charge in [-0.05, 0) is 117 Å². The standard InChI is InChI=1S/C37H44F2O/c1-23-7-9-24(10-8-23)25-11-13-26(14-12-25)31-22-35(4)32(19-20-36(35,5)37(6,39)34(2,3)38)30-17-15-27-21-28(40)16-18-29(27)33(30)31/h7-14,21,30-32H,15-20,22H2,1-6H3/t30?,31?,32?,35?,36-,37?/m1/s1. The van der Waals surface area contributed by atoms with Crippen molar-refractivity contribution < 1.29 is 13.6 Å². The first-order valence-electron chi connectivity index (χ1n) is 15.3. The minimum absolute atomic E-state index is 0.140. The fourth-order valence-electron chi connectivity index (χ4n) is 9.28. The van der Waals surface area contributed by atoms with Gasteiger partial charge in [-0.25, -0.2) is 8.78 Å². The monoisotopic (exact) mass is 542 g/mol. The number of allylic oxidation sites excluding steroid dienone is 4. The lowest BCUT2D eigenvalue weighted by Gasteiger charge is -2.59. The Morgan fingerprint density at radius 3 is 2.10 bits per heavy atom. The molecule has 5 unspecified atom stereocenters. The van der Waals surface area contributed by atoms with Gasteiger partial charge in [0.15, 0.2) is 5.78 Å². The Morgan fingerprint density at radius 1 is 0.850 bits per heavy atom. The average molecular weight is 543 g/mol. The van der Waals surface area contributed by atoms with E-state index in [2.05, 4.69) is 62.4 Å². The van der Waals surface area contributed by atoms with Crippen molar-refractivity contribution in [3.8, 4) is 11.1 Å². The molecule has 1 nitrogen and oxygen atoms in total. The van der Waals surface area contributed by atoms with E-state index in [-0.39, 0.29) is 17.1 Å². The smallest absolute Gasteiger partial charge is 0.156 e. The summed E-state index contributed by atoms with van der Waals surface area (Å²) in [5, 5.41) is 0. The molecule has 0 aromatic heterocycles. The van der Waals surface area contributed by atoms with Crippen LogP contribution in [0.4, 0.5) is 8.78 Å². The third-order valence-electron chi connectivity index (χ3n) is 12.2. The van der Waals surface area contributed by atoms with Gasteiger partial charge in [0.05, 0.1) is 0 Å². The predicted molar refractivity (Wildman–Crippen MR) is 160 cm³/mol. The third kappa shape index (κ3) is 3.93. The molecular formula is C37H44F2O. The van der Waals surface area contributed by atoms with Crippen molar-refractivity contribution in [2.45, 2.75) is 104 Å². The van der Waals surface area contributed by atoms with Crippen LogP contribution >= 0.6 is 0 Å². The normalized spacial score (nSPS) is 33.5. The van der Waals surface area contributed by atoms with Crippen molar-refractivity contribution in [1.29, 1.82) is 0 Å². The van der Waals surface area contributed by atoms with Crippen LogP contribution in [0.5, 0.6) is 0 Å². The van der Waals surface area contributed by atoms with Gasteiger partial charge >= 0.3 is 0 Å². The highest BCUT2D eigenvalue weighted by molar-refractivity contribution is 5.93. The minimum atomic E-state index is -1.95. The molecular weight excluding hydrogens is 498 g/mol. The predicted octanol–water partition coefficient (Wildman–Crippen LogP) is 10.0. The lowest BCUT2D eigenvalue weighted by atomic mass is 9.46. The summed E-state index contributed by atoms with van der Waals surface area (Å²) >= 11 is 0. The molecule has 3 heteroatoms. The second-order valence-corrected chi connectivity index (χ2v) is 14.3. The van der Waals surface area contributed by atoms with Crippen LogP contribution in [0, 0.1) is 29.6 Å². The molecule has 6 rings (SSSR count). The first-order chi connectivity index (χ1) is 18.8. The Bertz CT molecular complexity index is 1390. The van der Waals surface area contributed by atoms with Crippen molar-refractivity contribution in [1.82, 2.24) is 0 Å². The molecule has 2 saturated carbocycles. The lowest BCUT2D eigenvalue weighted by molar-refractivity contribution is -0.155. The Kier molecular flexibility index (Phi) is 6.37. The summed E-state index contributed by atoms with van der Waals surface area (Å²) in [6.07, 6.45) is 7.64. The molecule has 2 aromatic rings. The molecule has 0 saturated heterocycles. The van der Waals surface area contributed by atoms with Gasteiger partial charge in [-0.1, -0.05) is 73.5 Å². The molecule has 6 atom stereocenters. The molecule has 0 radical (unpaired) electrons. The van der Waals surface area contributed by atoms with Crippen LogP contribution in [0.15, 0.2) is 71.3 Å². The van der Waals surface area contributed by atoms with Crippen molar-refractivity contribution >= 4 is 5.78 Å². The van der Waals surface area contributed by atoms with Crippen LogP contribution < -0.4 is 0 Å². The van der Waals surface area contributed by atoms with Gasteiger partial charge in [0, 0.05) is 17.8 Å². The zero-order chi connectivity index (χ0) is 28.7. The van der Waals surface area contributed by atoms with E-state index in [1.165, 1.54) is 59.7 Å². The Hall–Kier alpha value is -2.55. The van der Waals surface area contributed by atoms with E-state index in [1.807, 2.05) is 13.0 Å². The summed E-state index contributed by atoms with van der Waals surface area (Å²) in [5.41, 5.74) is 4.00. The second-order valence-electron chi connectivity index (χ2n) is 14.3. The SMILES string of the molecule is Cc1ccc(-c2ccc(C3CC4(C)C(CC[C@@]4(C)C(C)(F)C(C)(C)F)C4CCC5=CC(=O)CCC5=C34)cc2)cc1. The van der Waals surface area contributed by atoms with E-state index < -0.39 is 16.8 Å². The van der Waals surface area contributed by atoms with E-state index in [0.717, 1.165) is 32.1 Å². The number of carbonyl (C=O) groups is 1. The number of fused-ring (bicyclic) bond motifs is 4. The molecule has 0 amide bonds. The number of alkyl halides is 2. The van der Waals surface area contributed by atoms with Crippen molar-refractivity contribution in [2.24, 2.45) is 22.7 Å². The maximum Gasteiger partial charge on any atom is 0.156 e. The van der Waals surface area contributed by atoms with Crippen LogP contribution in [0.1, 0.15) is 96.6 Å². The summed E-state index contributed by atoms with van der Waals surface area (Å²) in [5.74, 6) is 1.05. The van der Waals surface area contributed by atoms with Gasteiger partial charge in [0.2, 0.25) is 0 Å². The number of hydrogen-bond acceptors (Lipinski definition) is 1. The van der Waals surface area contributed by atoms with Crippen molar-refractivity contribution in [3.05, 3.63) is 82.5 Å². The van der Waals surface area contributed by atoms with Gasteiger partial charge < -0.3 is 0 Å². The van der Waals surface area contributed by atoms with Crippen LogP contribution in [0.2, 0.25) is 0 Å². The highest BCUT2D eigenvalue weighted by Gasteiger charge is 2.70. The van der Waals surface area contributed by atoms with Gasteiger partial charge in [-0.2, -0.15) is 0 Å². The van der Waals surface area contributed by atoms with Gasteiger partial charge in [-0.3, -0.25) is 4.79 Å². The highest BCUT2D eigenvalue weighted by atomic mass is 19.2. The number of halogens is 2. The molecule has 0 heterocycles. The maximum atomic E-state index is 16.8. The maximum absolute atomic E-state index is 16.8. The van der Waals surface area contributed by atoms with E-state index in [4.69, 9.17) is 0 Å². The quantitative estimate of drug-likeness (QED) is 0.376. The molecule has 212 valence electrons. The Morgan fingerprint density at radius 2 is 1.48 bits per heavy atom. The summed E-state index contributed by atoms with van der Waals surface area (Å²) in [6, 6.07) is 17.6. The number of benzene rings is 2. The molecule has 2 aromatic carbocycles. The molecule has 4 aliphatic carbocycles. The van der Waals surface area contributed by atoms with Crippen LogP contribution in [0.25, 0.3) is 11.1 Å². The number of rotatable bonds is 4. The average Bonchev–Trinajstić information content (AvgIpc) is 3.19. The zero-order valence-electron chi connectivity index (χ0n) is 25.0. The van der Waals surface area contributed by atoms with Crippen molar-refractivity contribution in [3.63, 3.8) is 0 Å². The molecule has 0 N–H and O–H groups in total. The zero-order valence-corrected chi connectivity index (χ0v) is 25.0. The summed E-state index contributed by atoms with van der Waals surface area (Å²) in [6.45, 7) is 10.8. The first kappa shape index (κ1) is 27.6. The molecule has 40 heavy (non-hydrogen) atoms. The van der Waals surface area contributed by atoms with Gasteiger partial charge in [0.25, 0.3) is 0 Å².